The van der Waals surface area contributed by atoms with Crippen molar-refractivity contribution in [2.45, 2.75) is 65.5 Å². The highest BCUT2D eigenvalue weighted by molar-refractivity contribution is 7.17. The number of ether oxygens (including phenoxy) is 1. The molecule has 2 aromatic carbocycles. The van der Waals surface area contributed by atoms with Gasteiger partial charge in [-0.1, -0.05) is 36.4 Å². The molecule has 4 heterocycles. The number of aromatic nitrogens is 1. The van der Waals surface area contributed by atoms with Gasteiger partial charge in [0.15, 0.2) is 0 Å². The second-order valence-electron chi connectivity index (χ2n) is 13.3. The van der Waals surface area contributed by atoms with E-state index < -0.39 is 11.4 Å². The van der Waals surface area contributed by atoms with E-state index in [2.05, 4.69) is 17.1 Å². The molecule has 0 radical (unpaired) electrons. The second kappa shape index (κ2) is 12.9. The second-order valence-corrected chi connectivity index (χ2v) is 14.4. The lowest BCUT2D eigenvalue weighted by Gasteiger charge is -2.25. The Bertz CT molecular complexity index is 1830. The van der Waals surface area contributed by atoms with Crippen LogP contribution in [-0.2, 0) is 16.0 Å². The fourth-order valence-corrected chi connectivity index (χ4v) is 7.59. The van der Waals surface area contributed by atoms with Crippen LogP contribution in [0.2, 0.25) is 0 Å². The average molecular weight is 655 g/mol. The van der Waals surface area contributed by atoms with Crippen molar-refractivity contribution < 1.29 is 23.5 Å². The van der Waals surface area contributed by atoms with E-state index >= 15 is 0 Å². The third-order valence-corrected chi connectivity index (χ3v) is 9.78. The molecule has 2 aliphatic rings. The predicted octanol–water partition coefficient (Wildman–Crippen LogP) is 7.66. The van der Waals surface area contributed by atoms with E-state index in [1.54, 1.807) is 30.0 Å². The quantitative estimate of drug-likeness (QED) is 0.215. The van der Waals surface area contributed by atoms with Crippen molar-refractivity contribution in [2.24, 2.45) is 5.92 Å². The Labute approximate surface area is 278 Å². The van der Waals surface area contributed by atoms with Crippen molar-refractivity contribution in [2.75, 3.05) is 28.2 Å². The number of nitrogens with one attached hydrogen (secondary N) is 1. The lowest BCUT2D eigenvalue weighted by atomic mass is 10.0. The van der Waals surface area contributed by atoms with Crippen molar-refractivity contribution >= 4 is 46.3 Å². The van der Waals surface area contributed by atoms with Crippen LogP contribution < -0.4 is 15.1 Å². The molecule has 4 aromatic rings. The molecule has 10 heteroatoms. The summed E-state index contributed by atoms with van der Waals surface area (Å²) in [4.78, 5) is 49.9. The lowest BCUT2D eigenvalue weighted by molar-refractivity contribution is -0.155. The number of rotatable bonds is 6. The molecule has 2 aromatic heterocycles. The third-order valence-electron chi connectivity index (χ3n) is 8.57. The predicted molar refractivity (Wildman–Crippen MR) is 184 cm³/mol. The minimum absolute atomic E-state index is 0.139. The Kier molecular flexibility index (Phi) is 8.89. The highest BCUT2D eigenvalue weighted by Gasteiger charge is 2.34. The fourth-order valence-electron chi connectivity index (χ4n) is 6.45. The first-order valence-electron chi connectivity index (χ1n) is 15.9. The zero-order chi connectivity index (χ0) is 33.5. The van der Waals surface area contributed by atoms with Crippen LogP contribution in [-0.4, -0.2) is 47.5 Å². The summed E-state index contributed by atoms with van der Waals surface area (Å²) in [5.41, 5.74) is 3.20. The van der Waals surface area contributed by atoms with E-state index in [-0.39, 0.29) is 35.4 Å². The molecule has 2 aliphatic heterocycles. The Morgan fingerprint density at radius 3 is 2.60 bits per heavy atom. The summed E-state index contributed by atoms with van der Waals surface area (Å²) in [6.07, 6.45) is 1.71. The van der Waals surface area contributed by atoms with E-state index in [0.29, 0.717) is 47.9 Å². The van der Waals surface area contributed by atoms with Gasteiger partial charge in [0.1, 0.15) is 22.9 Å². The Balaban J connectivity index is 1.21. The van der Waals surface area contributed by atoms with E-state index in [1.165, 1.54) is 17.4 Å². The number of hydrogen-bond acceptors (Lipinski definition) is 7. The van der Waals surface area contributed by atoms with Gasteiger partial charge in [0.25, 0.3) is 11.8 Å². The molecule has 0 unspecified atom stereocenters. The molecule has 47 heavy (non-hydrogen) atoms. The maximum Gasteiger partial charge on any atom is 0.306 e. The number of esters is 1. The van der Waals surface area contributed by atoms with Crippen molar-refractivity contribution in [3.63, 3.8) is 0 Å². The maximum absolute atomic E-state index is 14.4. The van der Waals surface area contributed by atoms with E-state index in [1.807, 2.05) is 63.2 Å². The first-order chi connectivity index (χ1) is 22.4. The maximum atomic E-state index is 14.4. The van der Waals surface area contributed by atoms with Crippen LogP contribution in [0.1, 0.15) is 71.8 Å². The van der Waals surface area contributed by atoms with Crippen molar-refractivity contribution in [1.82, 2.24) is 4.98 Å². The zero-order valence-corrected chi connectivity index (χ0v) is 28.1. The molecular weight excluding hydrogens is 615 g/mol. The van der Waals surface area contributed by atoms with Crippen LogP contribution in [0.3, 0.4) is 0 Å². The summed E-state index contributed by atoms with van der Waals surface area (Å²) < 4.78 is 20.0. The zero-order valence-electron chi connectivity index (χ0n) is 27.3. The Morgan fingerprint density at radius 1 is 1.06 bits per heavy atom. The standard InChI is InChI=1S/C37H39FN4O4S/c1-22-10-8-12-27(38)33(22)40-35(44)30-20-25-16-17-41(29-14-7-6-11-26(29)34(25)47-30)36(45)28-13-9-15-31(39-28)42-21-24(18-23(42)2)19-32(43)46-37(3,4)5/h6-15,20,23-24H,16-19,21H2,1-5H3,(H,40,44)/t23-,24+/m0/s1. The van der Waals surface area contributed by atoms with E-state index in [0.717, 1.165) is 28.1 Å². The molecule has 1 N–H and O–H groups in total. The molecular formula is C37H39FN4O4S. The molecule has 6 rings (SSSR count). The average Bonchev–Trinajstić information content (AvgIpc) is 3.57. The van der Waals surface area contributed by atoms with Gasteiger partial charge in [-0.2, -0.15) is 0 Å². The number of para-hydroxylation sites is 2. The molecule has 0 aliphatic carbocycles. The van der Waals surface area contributed by atoms with Gasteiger partial charge in [0, 0.05) is 29.6 Å². The number of anilines is 3. The highest BCUT2D eigenvalue weighted by Crippen LogP contribution is 2.42. The van der Waals surface area contributed by atoms with E-state index in [4.69, 9.17) is 9.72 Å². The topological polar surface area (TPSA) is 91.8 Å². The van der Waals surface area contributed by atoms with Gasteiger partial charge in [-0.05, 0) is 94.8 Å². The van der Waals surface area contributed by atoms with Crippen molar-refractivity contribution in [1.29, 1.82) is 0 Å². The highest BCUT2D eigenvalue weighted by atomic mass is 32.1. The summed E-state index contributed by atoms with van der Waals surface area (Å²) in [7, 11) is 0. The van der Waals surface area contributed by atoms with Gasteiger partial charge >= 0.3 is 5.97 Å². The van der Waals surface area contributed by atoms with Gasteiger partial charge in [-0.15, -0.1) is 11.3 Å². The van der Waals surface area contributed by atoms with Crippen LogP contribution in [0.25, 0.3) is 10.4 Å². The normalized spacial score (nSPS) is 17.5. The third kappa shape index (κ3) is 6.93. The molecule has 0 saturated carbocycles. The summed E-state index contributed by atoms with van der Waals surface area (Å²) in [5.74, 6) is -0.409. The molecule has 0 spiro atoms. The first kappa shape index (κ1) is 32.4. The molecule has 8 nitrogen and oxygen atoms in total. The lowest BCUT2D eigenvalue weighted by Crippen LogP contribution is -2.34. The van der Waals surface area contributed by atoms with Gasteiger partial charge < -0.3 is 19.9 Å². The number of amides is 2. The number of carbonyl (C=O) groups is 3. The largest absolute Gasteiger partial charge is 0.460 e. The smallest absolute Gasteiger partial charge is 0.306 e. The van der Waals surface area contributed by atoms with Gasteiger partial charge in [-0.3, -0.25) is 14.4 Å². The first-order valence-corrected chi connectivity index (χ1v) is 16.8. The fraction of sp³-hybridized carbons (Fsp3) is 0.351. The number of carbonyl (C=O) groups excluding carboxylic acids is 3. The van der Waals surface area contributed by atoms with Crippen molar-refractivity contribution in [3.8, 4) is 10.4 Å². The monoisotopic (exact) mass is 654 g/mol. The van der Waals surface area contributed by atoms with Crippen LogP contribution in [0.15, 0.2) is 66.7 Å². The minimum atomic E-state index is -0.521. The minimum Gasteiger partial charge on any atom is -0.460 e. The molecule has 1 fully saturated rings. The number of benzene rings is 2. The number of halogens is 1. The molecule has 2 atom stereocenters. The van der Waals surface area contributed by atoms with Crippen LogP contribution >= 0.6 is 11.3 Å². The number of hydrogen-bond donors (Lipinski definition) is 1. The number of fused-ring (bicyclic) bond motifs is 3. The summed E-state index contributed by atoms with van der Waals surface area (Å²) in [5, 5.41) is 2.74. The molecule has 2 amide bonds. The van der Waals surface area contributed by atoms with Gasteiger partial charge in [0.2, 0.25) is 0 Å². The van der Waals surface area contributed by atoms with Crippen molar-refractivity contribution in [3.05, 3.63) is 94.2 Å². The Morgan fingerprint density at radius 2 is 1.83 bits per heavy atom. The molecule has 1 saturated heterocycles. The number of nitrogens with zero attached hydrogens (tertiary/aromatic N) is 3. The number of pyridine rings is 1. The molecule has 244 valence electrons. The van der Waals surface area contributed by atoms with Gasteiger partial charge in [-0.25, -0.2) is 9.37 Å². The Hall–Kier alpha value is -4.57. The summed E-state index contributed by atoms with van der Waals surface area (Å²) in [6, 6.07) is 19.9. The number of thiophene rings is 1. The summed E-state index contributed by atoms with van der Waals surface area (Å²) >= 11 is 1.34. The number of aryl methyl sites for hydroxylation is 1. The van der Waals surface area contributed by atoms with Crippen LogP contribution in [0.5, 0.6) is 0 Å². The molecule has 0 bridgehead atoms. The summed E-state index contributed by atoms with van der Waals surface area (Å²) in [6.45, 7) is 10.5. The SMILES string of the molecule is Cc1cccc(F)c1NC(=O)c1cc2c(s1)-c1ccccc1N(C(=O)c1cccc(N3C[C@@H](CC(=O)OC(C)(C)C)C[C@@H]3C)n1)CC2. The van der Waals surface area contributed by atoms with Crippen LogP contribution in [0, 0.1) is 18.7 Å². The van der Waals surface area contributed by atoms with Crippen LogP contribution in [0.4, 0.5) is 21.6 Å². The van der Waals surface area contributed by atoms with Gasteiger partial charge in [0.05, 0.1) is 22.7 Å². The van der Waals surface area contributed by atoms with E-state index in [9.17, 15) is 18.8 Å².